The zero-order chi connectivity index (χ0) is 16.1. The van der Waals surface area contributed by atoms with Crippen molar-refractivity contribution in [2.75, 3.05) is 12.3 Å². The molecule has 0 amide bonds. The normalized spacial score (nSPS) is 27.8. The first-order valence-corrected chi connectivity index (χ1v) is 9.05. The number of nitrogens with two attached hydrogens (primary N) is 1. The van der Waals surface area contributed by atoms with Crippen LogP contribution < -0.4 is 10.5 Å². The quantitative estimate of drug-likeness (QED) is 0.753. The topological polar surface area (TPSA) is 72.2 Å². The van der Waals surface area contributed by atoms with Gasteiger partial charge in [-0.3, -0.25) is 0 Å². The second kappa shape index (κ2) is 7.28. The van der Waals surface area contributed by atoms with E-state index in [-0.39, 0.29) is 6.54 Å². The summed E-state index contributed by atoms with van der Waals surface area (Å²) in [5.74, 6) is 0.0743. The molecule has 0 bridgehead atoms. The van der Waals surface area contributed by atoms with Crippen LogP contribution in [0.4, 0.5) is 13.2 Å². The fourth-order valence-electron chi connectivity index (χ4n) is 2.83. The molecule has 1 saturated carbocycles. The molecule has 4 nitrogen and oxygen atoms in total. The van der Waals surface area contributed by atoms with E-state index in [4.69, 9.17) is 5.73 Å². The second-order valence-corrected chi connectivity index (χ2v) is 7.82. The fraction of sp³-hybridized carbons (Fsp3) is 1.00. The standard InChI is InChI=1S/C13H25F3N2O2S/c1-2-11-4-7-12(10-17,8-5-11)18-21(19,20)9-3-6-13(14,15)16/h11,18H,2-10,17H2,1H3. The zero-order valence-electron chi connectivity index (χ0n) is 12.4. The molecule has 1 rings (SSSR count). The van der Waals surface area contributed by atoms with Crippen LogP contribution in [0, 0.1) is 5.92 Å². The van der Waals surface area contributed by atoms with E-state index in [0.717, 1.165) is 19.3 Å². The molecule has 0 radical (unpaired) electrons. The Bertz CT molecular complexity index is 416. The molecule has 1 aliphatic rings. The van der Waals surface area contributed by atoms with E-state index in [1.807, 2.05) is 0 Å². The van der Waals surface area contributed by atoms with Gasteiger partial charge in [0.1, 0.15) is 0 Å². The van der Waals surface area contributed by atoms with Crippen LogP contribution in [0.1, 0.15) is 51.9 Å². The SMILES string of the molecule is CCC1CCC(CN)(NS(=O)(=O)CCCC(F)(F)F)CC1. The molecular weight excluding hydrogens is 305 g/mol. The van der Waals surface area contributed by atoms with Crippen molar-refractivity contribution in [1.29, 1.82) is 0 Å². The van der Waals surface area contributed by atoms with Crippen molar-refractivity contribution in [3.63, 3.8) is 0 Å². The summed E-state index contributed by atoms with van der Waals surface area (Å²) in [7, 11) is -3.73. The van der Waals surface area contributed by atoms with Crippen LogP contribution in [-0.2, 0) is 10.0 Å². The lowest BCUT2D eigenvalue weighted by Crippen LogP contribution is -2.55. The first kappa shape index (κ1) is 18.7. The minimum atomic E-state index is -4.32. The summed E-state index contributed by atoms with van der Waals surface area (Å²) in [4.78, 5) is 0. The van der Waals surface area contributed by atoms with Crippen molar-refractivity contribution in [2.45, 2.75) is 63.6 Å². The van der Waals surface area contributed by atoms with Crippen LogP contribution >= 0.6 is 0 Å². The smallest absolute Gasteiger partial charge is 0.329 e. The van der Waals surface area contributed by atoms with Gasteiger partial charge in [-0.05, 0) is 38.0 Å². The third-order valence-corrected chi connectivity index (χ3v) is 5.85. The van der Waals surface area contributed by atoms with Crippen LogP contribution in [0.15, 0.2) is 0 Å². The Morgan fingerprint density at radius 1 is 1.29 bits per heavy atom. The molecule has 0 atom stereocenters. The molecule has 1 aliphatic carbocycles. The molecule has 21 heavy (non-hydrogen) atoms. The highest BCUT2D eigenvalue weighted by molar-refractivity contribution is 7.89. The van der Waals surface area contributed by atoms with Crippen LogP contribution in [-0.4, -0.2) is 32.4 Å². The summed E-state index contributed by atoms with van der Waals surface area (Å²) in [5, 5.41) is 0. The number of halogens is 3. The molecule has 0 heterocycles. The van der Waals surface area contributed by atoms with Crippen molar-refractivity contribution in [3.05, 3.63) is 0 Å². The molecule has 0 unspecified atom stereocenters. The Morgan fingerprint density at radius 2 is 1.86 bits per heavy atom. The Kier molecular flexibility index (Phi) is 6.49. The largest absolute Gasteiger partial charge is 0.389 e. The highest BCUT2D eigenvalue weighted by Gasteiger charge is 2.37. The minimum Gasteiger partial charge on any atom is -0.329 e. The third-order valence-electron chi connectivity index (χ3n) is 4.28. The second-order valence-electron chi connectivity index (χ2n) is 5.98. The molecule has 126 valence electrons. The lowest BCUT2D eigenvalue weighted by Gasteiger charge is -2.39. The summed E-state index contributed by atoms with van der Waals surface area (Å²) in [6.45, 7) is 2.28. The van der Waals surface area contributed by atoms with Crippen LogP contribution in [0.25, 0.3) is 0 Å². The third kappa shape index (κ3) is 6.52. The van der Waals surface area contributed by atoms with Crippen molar-refractivity contribution in [2.24, 2.45) is 11.7 Å². The molecule has 0 saturated heterocycles. The van der Waals surface area contributed by atoms with Crippen LogP contribution in [0.2, 0.25) is 0 Å². The minimum absolute atomic E-state index is 0.182. The number of nitrogens with one attached hydrogen (secondary N) is 1. The molecule has 0 spiro atoms. The molecule has 1 fully saturated rings. The highest BCUT2D eigenvalue weighted by atomic mass is 32.2. The van der Waals surface area contributed by atoms with E-state index in [0.29, 0.717) is 18.8 Å². The van der Waals surface area contributed by atoms with E-state index in [1.165, 1.54) is 0 Å². The summed E-state index contributed by atoms with van der Waals surface area (Å²) in [6.07, 6.45) is -1.66. The van der Waals surface area contributed by atoms with E-state index in [9.17, 15) is 21.6 Å². The van der Waals surface area contributed by atoms with Crippen molar-refractivity contribution in [3.8, 4) is 0 Å². The predicted molar refractivity (Wildman–Crippen MR) is 76.2 cm³/mol. The van der Waals surface area contributed by atoms with Crippen LogP contribution in [0.3, 0.4) is 0 Å². The predicted octanol–water partition coefficient (Wildman–Crippen LogP) is 2.55. The van der Waals surface area contributed by atoms with Gasteiger partial charge in [0.25, 0.3) is 0 Å². The Morgan fingerprint density at radius 3 is 2.29 bits per heavy atom. The highest BCUT2D eigenvalue weighted by Crippen LogP contribution is 2.33. The maximum absolute atomic E-state index is 12.1. The van der Waals surface area contributed by atoms with Gasteiger partial charge >= 0.3 is 6.18 Å². The van der Waals surface area contributed by atoms with E-state index in [1.54, 1.807) is 0 Å². The Hall–Kier alpha value is -0.340. The van der Waals surface area contributed by atoms with Crippen LogP contribution in [0.5, 0.6) is 0 Å². The monoisotopic (exact) mass is 330 g/mol. The van der Waals surface area contributed by atoms with Gasteiger partial charge < -0.3 is 5.73 Å². The van der Waals surface area contributed by atoms with Gasteiger partial charge in [0.05, 0.1) is 5.75 Å². The molecular formula is C13H25F3N2O2S. The number of sulfonamides is 1. The number of hydrogen-bond donors (Lipinski definition) is 2. The molecule has 0 aliphatic heterocycles. The van der Waals surface area contributed by atoms with Gasteiger partial charge in [-0.2, -0.15) is 13.2 Å². The molecule has 8 heteroatoms. The average molecular weight is 330 g/mol. The number of hydrogen-bond acceptors (Lipinski definition) is 3. The van der Waals surface area contributed by atoms with Gasteiger partial charge in [-0.1, -0.05) is 13.3 Å². The van der Waals surface area contributed by atoms with Gasteiger partial charge in [0.2, 0.25) is 10.0 Å². The summed E-state index contributed by atoms with van der Waals surface area (Å²) in [6, 6.07) is 0. The molecule has 0 aromatic rings. The van der Waals surface area contributed by atoms with Gasteiger partial charge in [-0.25, -0.2) is 13.1 Å². The molecule has 0 aromatic carbocycles. The summed E-state index contributed by atoms with van der Waals surface area (Å²) in [5.41, 5.74) is 5.05. The number of rotatable bonds is 7. The Labute approximate surface area is 124 Å². The first-order valence-electron chi connectivity index (χ1n) is 7.40. The average Bonchev–Trinajstić information content (AvgIpc) is 2.37. The maximum Gasteiger partial charge on any atom is 0.389 e. The van der Waals surface area contributed by atoms with Crippen molar-refractivity contribution >= 4 is 10.0 Å². The van der Waals surface area contributed by atoms with E-state index in [2.05, 4.69) is 11.6 Å². The molecule has 0 aromatic heterocycles. The number of alkyl halides is 3. The Balaban J connectivity index is 2.55. The fourth-order valence-corrected chi connectivity index (χ4v) is 4.40. The summed E-state index contributed by atoms with van der Waals surface area (Å²) >= 11 is 0. The lowest BCUT2D eigenvalue weighted by atomic mass is 9.76. The zero-order valence-corrected chi connectivity index (χ0v) is 13.2. The lowest BCUT2D eigenvalue weighted by molar-refractivity contribution is -0.134. The van der Waals surface area contributed by atoms with E-state index >= 15 is 0 Å². The van der Waals surface area contributed by atoms with Gasteiger partial charge in [0.15, 0.2) is 0 Å². The summed E-state index contributed by atoms with van der Waals surface area (Å²) < 4.78 is 62.7. The van der Waals surface area contributed by atoms with Gasteiger partial charge in [-0.15, -0.1) is 0 Å². The van der Waals surface area contributed by atoms with E-state index < -0.39 is 40.3 Å². The first-order chi connectivity index (χ1) is 9.61. The van der Waals surface area contributed by atoms with Gasteiger partial charge in [0, 0.05) is 18.5 Å². The van der Waals surface area contributed by atoms with Crippen molar-refractivity contribution in [1.82, 2.24) is 4.72 Å². The molecule has 3 N–H and O–H groups in total. The van der Waals surface area contributed by atoms with Crippen molar-refractivity contribution < 1.29 is 21.6 Å². The maximum atomic E-state index is 12.1.